The van der Waals surface area contributed by atoms with Crippen LogP contribution in [0.4, 0.5) is 0 Å². The molecule has 0 atom stereocenters. The second-order valence-electron chi connectivity index (χ2n) is 8.82. The SMILES string of the molecule is CCc1ccc2[nH]cc(CCN=C(C)c3ccc(CC4=C(C)CCC=C4C)cc3)c2c1. The van der Waals surface area contributed by atoms with Crippen molar-refractivity contribution in [2.24, 2.45) is 4.99 Å². The van der Waals surface area contributed by atoms with E-state index in [0.717, 1.165) is 31.5 Å². The number of aliphatic imine (C=N–C) groups is 1. The van der Waals surface area contributed by atoms with Crippen LogP contribution in [0.1, 0.15) is 62.8 Å². The van der Waals surface area contributed by atoms with E-state index in [-0.39, 0.29) is 0 Å². The molecule has 0 spiro atoms. The second-order valence-corrected chi connectivity index (χ2v) is 8.82. The van der Waals surface area contributed by atoms with E-state index >= 15 is 0 Å². The zero-order chi connectivity index (χ0) is 21.8. The average Bonchev–Trinajstić information content (AvgIpc) is 3.19. The van der Waals surface area contributed by atoms with Crippen molar-refractivity contribution in [2.45, 2.75) is 59.8 Å². The molecule has 3 aromatic rings. The predicted octanol–water partition coefficient (Wildman–Crippen LogP) is 7.38. The Labute approximate surface area is 186 Å². The normalized spacial score (nSPS) is 15.0. The maximum absolute atomic E-state index is 4.87. The number of nitrogens with one attached hydrogen (secondary N) is 1. The number of rotatable bonds is 7. The summed E-state index contributed by atoms with van der Waals surface area (Å²) in [5, 5.41) is 1.34. The topological polar surface area (TPSA) is 28.1 Å². The summed E-state index contributed by atoms with van der Waals surface area (Å²) in [4.78, 5) is 8.27. The molecule has 1 N–H and O–H groups in total. The Morgan fingerprint density at radius 2 is 1.81 bits per heavy atom. The maximum atomic E-state index is 4.87. The lowest BCUT2D eigenvalue weighted by atomic mass is 9.88. The fourth-order valence-electron chi connectivity index (χ4n) is 4.56. The Morgan fingerprint density at radius 1 is 1.03 bits per heavy atom. The van der Waals surface area contributed by atoms with Crippen molar-refractivity contribution in [2.75, 3.05) is 6.54 Å². The molecule has 31 heavy (non-hydrogen) atoms. The standard InChI is InChI=1S/C29H34N2/c1-5-23-11-14-29-28(17-23)26(19-31-29)15-16-30-22(4)25-12-9-24(10-13-25)18-27-20(2)7-6-8-21(27)3/h7,9-14,17,19,31H,5-6,8,15-16,18H2,1-4H3. The van der Waals surface area contributed by atoms with Gasteiger partial charge in [0, 0.05) is 29.4 Å². The molecular formula is C29H34N2. The highest BCUT2D eigenvalue weighted by Crippen LogP contribution is 2.27. The smallest absolute Gasteiger partial charge is 0.0456 e. The molecule has 0 bridgehead atoms. The number of aromatic amines is 1. The zero-order valence-corrected chi connectivity index (χ0v) is 19.4. The molecule has 1 aliphatic rings. The lowest BCUT2D eigenvalue weighted by molar-refractivity contribution is 0.896. The molecule has 0 saturated heterocycles. The number of aryl methyl sites for hydroxylation is 1. The maximum Gasteiger partial charge on any atom is 0.0456 e. The predicted molar refractivity (Wildman–Crippen MR) is 134 cm³/mol. The van der Waals surface area contributed by atoms with Crippen LogP contribution in [0.5, 0.6) is 0 Å². The van der Waals surface area contributed by atoms with Crippen LogP contribution in [-0.4, -0.2) is 17.2 Å². The molecule has 0 amide bonds. The number of fused-ring (bicyclic) bond motifs is 1. The Morgan fingerprint density at radius 3 is 2.55 bits per heavy atom. The average molecular weight is 411 g/mol. The summed E-state index contributed by atoms with van der Waals surface area (Å²) in [7, 11) is 0. The van der Waals surface area contributed by atoms with E-state index in [9.17, 15) is 0 Å². The molecule has 0 saturated carbocycles. The van der Waals surface area contributed by atoms with Crippen LogP contribution < -0.4 is 0 Å². The molecule has 2 nitrogen and oxygen atoms in total. The van der Waals surface area contributed by atoms with Crippen LogP contribution in [0.15, 0.2) is 76.4 Å². The van der Waals surface area contributed by atoms with E-state index in [0.29, 0.717) is 0 Å². The fraction of sp³-hybridized carbons (Fsp3) is 0.345. The summed E-state index contributed by atoms with van der Waals surface area (Å²) in [5.74, 6) is 0. The van der Waals surface area contributed by atoms with Gasteiger partial charge in [0.05, 0.1) is 0 Å². The molecule has 0 aliphatic heterocycles. The van der Waals surface area contributed by atoms with Gasteiger partial charge in [-0.1, -0.05) is 54.5 Å². The van der Waals surface area contributed by atoms with E-state index < -0.39 is 0 Å². The zero-order valence-electron chi connectivity index (χ0n) is 19.4. The number of hydrogen-bond donors (Lipinski definition) is 1. The monoisotopic (exact) mass is 410 g/mol. The van der Waals surface area contributed by atoms with Crippen molar-refractivity contribution < 1.29 is 0 Å². The summed E-state index contributed by atoms with van der Waals surface area (Å²) < 4.78 is 0. The summed E-state index contributed by atoms with van der Waals surface area (Å²) in [6.07, 6.45) is 9.97. The Balaban J connectivity index is 1.40. The van der Waals surface area contributed by atoms with E-state index in [4.69, 9.17) is 4.99 Å². The van der Waals surface area contributed by atoms with Crippen molar-refractivity contribution in [3.05, 3.63) is 93.7 Å². The Kier molecular flexibility index (Phi) is 6.56. The first kappa shape index (κ1) is 21.4. The first-order chi connectivity index (χ1) is 15.0. The van der Waals surface area contributed by atoms with E-state index in [1.165, 1.54) is 57.1 Å². The highest BCUT2D eigenvalue weighted by Gasteiger charge is 2.11. The lowest BCUT2D eigenvalue weighted by Crippen LogP contribution is -2.02. The molecule has 160 valence electrons. The van der Waals surface area contributed by atoms with Gasteiger partial charge in [0.15, 0.2) is 0 Å². The van der Waals surface area contributed by atoms with Crippen molar-refractivity contribution in [3.8, 4) is 0 Å². The van der Waals surface area contributed by atoms with E-state index in [1.54, 1.807) is 5.57 Å². The minimum absolute atomic E-state index is 0.812. The van der Waals surface area contributed by atoms with Crippen molar-refractivity contribution in [1.82, 2.24) is 4.98 Å². The molecule has 0 fully saturated rings. The van der Waals surface area contributed by atoms with Gasteiger partial charge in [-0.25, -0.2) is 0 Å². The number of allylic oxidation sites excluding steroid dienone is 4. The van der Waals surface area contributed by atoms with Crippen molar-refractivity contribution >= 4 is 16.6 Å². The number of benzene rings is 2. The Bertz CT molecular complexity index is 1150. The van der Waals surface area contributed by atoms with Crippen LogP contribution in [0.3, 0.4) is 0 Å². The number of H-pyrrole nitrogens is 1. The van der Waals surface area contributed by atoms with Gasteiger partial charge in [0.25, 0.3) is 0 Å². The summed E-state index contributed by atoms with van der Waals surface area (Å²) in [6.45, 7) is 9.68. The molecule has 0 unspecified atom stereocenters. The number of aromatic nitrogens is 1. The van der Waals surface area contributed by atoms with Crippen LogP contribution in [0.2, 0.25) is 0 Å². The third-order valence-corrected chi connectivity index (χ3v) is 6.68. The minimum Gasteiger partial charge on any atom is -0.361 e. The molecule has 4 rings (SSSR count). The molecular weight excluding hydrogens is 376 g/mol. The molecule has 2 heteroatoms. The van der Waals surface area contributed by atoms with Gasteiger partial charge in [0.2, 0.25) is 0 Å². The molecule has 1 aromatic heterocycles. The molecule has 2 aromatic carbocycles. The van der Waals surface area contributed by atoms with Gasteiger partial charge in [-0.2, -0.15) is 0 Å². The van der Waals surface area contributed by atoms with Gasteiger partial charge in [-0.15, -0.1) is 0 Å². The van der Waals surface area contributed by atoms with Crippen LogP contribution in [0.25, 0.3) is 10.9 Å². The quantitative estimate of drug-likeness (QED) is 0.394. The van der Waals surface area contributed by atoms with Gasteiger partial charge in [-0.05, 0) is 92.8 Å². The van der Waals surface area contributed by atoms with Crippen LogP contribution in [0, 0.1) is 0 Å². The molecule has 1 aliphatic carbocycles. The lowest BCUT2D eigenvalue weighted by Gasteiger charge is -2.18. The van der Waals surface area contributed by atoms with Gasteiger partial charge >= 0.3 is 0 Å². The first-order valence-corrected chi connectivity index (χ1v) is 11.6. The summed E-state index contributed by atoms with van der Waals surface area (Å²) >= 11 is 0. The number of hydrogen-bond acceptors (Lipinski definition) is 1. The third-order valence-electron chi connectivity index (χ3n) is 6.68. The van der Waals surface area contributed by atoms with E-state index in [2.05, 4.69) is 87.4 Å². The van der Waals surface area contributed by atoms with Crippen molar-refractivity contribution in [3.63, 3.8) is 0 Å². The summed E-state index contributed by atoms with van der Waals surface area (Å²) in [5.41, 5.74) is 12.2. The third kappa shape index (κ3) is 4.90. The van der Waals surface area contributed by atoms with E-state index in [1.807, 2.05) is 0 Å². The van der Waals surface area contributed by atoms with Gasteiger partial charge < -0.3 is 4.98 Å². The van der Waals surface area contributed by atoms with Crippen molar-refractivity contribution in [1.29, 1.82) is 0 Å². The van der Waals surface area contributed by atoms with Crippen LogP contribution >= 0.6 is 0 Å². The van der Waals surface area contributed by atoms with Gasteiger partial charge in [-0.3, -0.25) is 4.99 Å². The van der Waals surface area contributed by atoms with Crippen LogP contribution in [-0.2, 0) is 19.3 Å². The molecule has 0 radical (unpaired) electrons. The molecule has 1 heterocycles. The highest BCUT2D eigenvalue weighted by molar-refractivity contribution is 5.98. The first-order valence-electron chi connectivity index (χ1n) is 11.6. The minimum atomic E-state index is 0.812. The fourth-order valence-corrected chi connectivity index (χ4v) is 4.56. The largest absolute Gasteiger partial charge is 0.361 e. The summed E-state index contributed by atoms with van der Waals surface area (Å²) in [6, 6.07) is 15.7. The second kappa shape index (κ2) is 9.51. The number of nitrogens with zero attached hydrogens (tertiary/aromatic N) is 1. The highest BCUT2D eigenvalue weighted by atomic mass is 14.7. The Hall–Kier alpha value is -2.87. The van der Waals surface area contributed by atoms with Gasteiger partial charge in [0.1, 0.15) is 0 Å².